The van der Waals surface area contributed by atoms with Crippen LogP contribution in [0.5, 0.6) is 0 Å². The number of carbonyl (C=O) groups excluding carboxylic acids is 1. The van der Waals surface area contributed by atoms with Crippen molar-refractivity contribution in [2.24, 2.45) is 0 Å². The van der Waals surface area contributed by atoms with E-state index in [0.29, 0.717) is 37.1 Å². The minimum atomic E-state index is -3.28. The van der Waals surface area contributed by atoms with Gasteiger partial charge in [0.25, 0.3) is 5.91 Å². The molecule has 1 amide bonds. The largest absolute Gasteiger partial charge is 0.336 e. The van der Waals surface area contributed by atoms with Gasteiger partial charge in [0.1, 0.15) is 11.6 Å². The highest BCUT2D eigenvalue weighted by Crippen LogP contribution is 2.34. The van der Waals surface area contributed by atoms with Gasteiger partial charge in [0.2, 0.25) is 5.95 Å². The smallest absolute Gasteiger partial charge is 0.256 e. The molecule has 9 nitrogen and oxygen atoms in total. The minimum absolute atomic E-state index is 0.0451. The summed E-state index contributed by atoms with van der Waals surface area (Å²) in [5, 5.41) is 3.03. The SMILES string of the molecule is CN1CCN(C(=O)c2ccc(Nc3ncc4c(n3)N(c3ccc(S(C)(=O)=O)cc3)CC4)cc2F)CC1. The number of nitrogens with one attached hydrogen (secondary N) is 1. The van der Waals surface area contributed by atoms with Gasteiger partial charge in [-0.2, -0.15) is 4.98 Å². The zero-order valence-electron chi connectivity index (χ0n) is 20.1. The summed E-state index contributed by atoms with van der Waals surface area (Å²) in [6.45, 7) is 3.36. The van der Waals surface area contributed by atoms with Gasteiger partial charge in [0, 0.05) is 62.1 Å². The molecule has 5 rings (SSSR count). The molecule has 0 aliphatic carbocycles. The van der Waals surface area contributed by atoms with Crippen molar-refractivity contribution in [3.63, 3.8) is 0 Å². The van der Waals surface area contributed by atoms with E-state index in [0.717, 1.165) is 30.8 Å². The average Bonchev–Trinajstić information content (AvgIpc) is 3.27. The quantitative estimate of drug-likeness (QED) is 0.560. The zero-order chi connectivity index (χ0) is 25.4. The van der Waals surface area contributed by atoms with Crippen LogP contribution in [0.4, 0.5) is 27.5 Å². The lowest BCUT2D eigenvalue weighted by molar-refractivity contribution is 0.0659. The van der Waals surface area contributed by atoms with E-state index >= 15 is 0 Å². The van der Waals surface area contributed by atoms with E-state index in [9.17, 15) is 17.6 Å². The fourth-order valence-corrected chi connectivity index (χ4v) is 5.04. The Morgan fingerprint density at radius 1 is 1.03 bits per heavy atom. The maximum Gasteiger partial charge on any atom is 0.256 e. The molecule has 1 N–H and O–H groups in total. The lowest BCUT2D eigenvalue weighted by Crippen LogP contribution is -2.47. The number of sulfone groups is 1. The van der Waals surface area contributed by atoms with Crippen molar-refractivity contribution >= 4 is 38.9 Å². The Balaban J connectivity index is 1.33. The highest BCUT2D eigenvalue weighted by atomic mass is 32.2. The first-order valence-corrected chi connectivity index (χ1v) is 13.6. The van der Waals surface area contributed by atoms with Gasteiger partial charge >= 0.3 is 0 Å². The summed E-state index contributed by atoms with van der Waals surface area (Å²) < 4.78 is 38.4. The van der Waals surface area contributed by atoms with Gasteiger partial charge < -0.3 is 20.0 Å². The third-order valence-electron chi connectivity index (χ3n) is 6.52. The third kappa shape index (κ3) is 4.89. The number of fused-ring (bicyclic) bond motifs is 1. The molecule has 0 bridgehead atoms. The van der Waals surface area contributed by atoms with E-state index in [2.05, 4.69) is 20.2 Å². The van der Waals surface area contributed by atoms with Crippen LogP contribution in [0.15, 0.2) is 53.6 Å². The summed E-state index contributed by atoms with van der Waals surface area (Å²) in [6.07, 6.45) is 3.66. The molecule has 0 radical (unpaired) electrons. The van der Waals surface area contributed by atoms with E-state index in [1.54, 1.807) is 41.4 Å². The summed E-state index contributed by atoms with van der Waals surface area (Å²) in [7, 11) is -1.28. The number of carbonyl (C=O) groups is 1. The Hall–Kier alpha value is -3.57. The molecular weight excluding hydrogens is 483 g/mol. The number of hydrogen-bond donors (Lipinski definition) is 1. The zero-order valence-corrected chi connectivity index (χ0v) is 20.9. The molecule has 0 spiro atoms. The van der Waals surface area contributed by atoms with Crippen molar-refractivity contribution in [2.45, 2.75) is 11.3 Å². The molecule has 36 heavy (non-hydrogen) atoms. The van der Waals surface area contributed by atoms with Gasteiger partial charge in [-0.3, -0.25) is 4.79 Å². The number of halogens is 1. The second-order valence-electron chi connectivity index (χ2n) is 9.13. The van der Waals surface area contributed by atoms with Gasteiger partial charge in [0.15, 0.2) is 9.84 Å². The predicted molar refractivity (Wildman–Crippen MR) is 135 cm³/mol. The van der Waals surface area contributed by atoms with Gasteiger partial charge in [-0.25, -0.2) is 17.8 Å². The molecule has 3 heterocycles. The number of benzene rings is 2. The van der Waals surface area contributed by atoms with Crippen LogP contribution in [-0.4, -0.2) is 80.1 Å². The van der Waals surface area contributed by atoms with Crippen molar-refractivity contribution < 1.29 is 17.6 Å². The fourth-order valence-electron chi connectivity index (χ4n) is 4.41. The van der Waals surface area contributed by atoms with E-state index in [4.69, 9.17) is 0 Å². The van der Waals surface area contributed by atoms with Crippen LogP contribution in [-0.2, 0) is 16.3 Å². The standard InChI is InChI=1S/C25H27FN6O3S/c1-30-11-13-31(14-12-30)24(33)21-8-3-18(15-22(21)26)28-25-27-16-17-9-10-32(23(17)29-25)19-4-6-20(7-5-19)36(2,34)35/h3-8,15-16H,9-14H2,1-2H3,(H,27,28,29). The Labute approximate surface area is 209 Å². The monoisotopic (exact) mass is 510 g/mol. The fraction of sp³-hybridized carbons (Fsp3) is 0.320. The number of hydrogen-bond acceptors (Lipinski definition) is 8. The van der Waals surface area contributed by atoms with Crippen LogP contribution in [0.1, 0.15) is 15.9 Å². The summed E-state index contributed by atoms with van der Waals surface area (Å²) >= 11 is 0. The summed E-state index contributed by atoms with van der Waals surface area (Å²) in [5.41, 5.74) is 2.27. The Kier molecular flexibility index (Phi) is 6.35. The summed E-state index contributed by atoms with van der Waals surface area (Å²) in [4.78, 5) is 27.8. The number of likely N-dealkylation sites (N-methyl/N-ethyl adjacent to an activating group) is 1. The van der Waals surface area contributed by atoms with Gasteiger partial charge in [0.05, 0.1) is 10.5 Å². The molecule has 11 heteroatoms. The molecule has 0 saturated carbocycles. The summed E-state index contributed by atoms with van der Waals surface area (Å²) in [6, 6.07) is 11.1. The van der Waals surface area contributed by atoms with E-state index < -0.39 is 15.7 Å². The van der Waals surface area contributed by atoms with Crippen LogP contribution in [0.25, 0.3) is 0 Å². The first-order chi connectivity index (χ1) is 17.2. The van der Waals surface area contributed by atoms with E-state index in [1.165, 1.54) is 18.4 Å². The lowest BCUT2D eigenvalue weighted by atomic mass is 10.1. The lowest BCUT2D eigenvalue weighted by Gasteiger charge is -2.32. The molecule has 1 aromatic heterocycles. The molecule has 1 saturated heterocycles. The van der Waals surface area contributed by atoms with Crippen molar-refractivity contribution in [2.75, 3.05) is 56.2 Å². The molecule has 2 aliphatic rings. The Morgan fingerprint density at radius 3 is 2.42 bits per heavy atom. The second-order valence-corrected chi connectivity index (χ2v) is 11.1. The second kappa shape index (κ2) is 9.47. The van der Waals surface area contributed by atoms with Gasteiger partial charge in [-0.05, 0) is 55.9 Å². The molecule has 2 aliphatic heterocycles. The highest BCUT2D eigenvalue weighted by Gasteiger charge is 2.25. The van der Waals surface area contributed by atoms with Crippen molar-refractivity contribution in [1.82, 2.24) is 19.8 Å². The van der Waals surface area contributed by atoms with Gasteiger partial charge in [-0.1, -0.05) is 0 Å². The molecule has 2 aromatic carbocycles. The highest BCUT2D eigenvalue weighted by molar-refractivity contribution is 7.90. The normalized spacial score (nSPS) is 16.2. The van der Waals surface area contributed by atoms with Crippen LogP contribution in [0.3, 0.4) is 0 Å². The van der Waals surface area contributed by atoms with Crippen molar-refractivity contribution in [3.8, 4) is 0 Å². The first kappa shape index (κ1) is 24.1. The van der Waals surface area contributed by atoms with Crippen molar-refractivity contribution in [1.29, 1.82) is 0 Å². The number of rotatable bonds is 5. The number of anilines is 4. The number of aromatic nitrogens is 2. The number of piperazine rings is 1. The molecule has 3 aromatic rings. The molecule has 1 fully saturated rings. The Bertz CT molecular complexity index is 1410. The average molecular weight is 511 g/mol. The maximum atomic E-state index is 14.9. The Morgan fingerprint density at radius 2 is 1.75 bits per heavy atom. The van der Waals surface area contributed by atoms with Crippen molar-refractivity contribution in [3.05, 3.63) is 65.6 Å². The predicted octanol–water partition coefficient (Wildman–Crippen LogP) is 2.84. The van der Waals surface area contributed by atoms with E-state index in [-0.39, 0.29) is 16.4 Å². The minimum Gasteiger partial charge on any atom is -0.336 e. The number of nitrogens with zero attached hydrogens (tertiary/aromatic N) is 5. The molecular formula is C25H27FN6O3S. The van der Waals surface area contributed by atoms with E-state index in [1.807, 2.05) is 11.9 Å². The van der Waals surface area contributed by atoms with Gasteiger partial charge in [-0.15, -0.1) is 0 Å². The molecule has 0 unspecified atom stereocenters. The van der Waals surface area contributed by atoms with Crippen LogP contribution < -0.4 is 10.2 Å². The molecule has 188 valence electrons. The van der Waals surface area contributed by atoms with Crippen LogP contribution in [0.2, 0.25) is 0 Å². The van der Waals surface area contributed by atoms with Crippen LogP contribution >= 0.6 is 0 Å². The number of amides is 1. The third-order valence-corrected chi connectivity index (χ3v) is 7.65. The maximum absolute atomic E-state index is 14.9. The topological polar surface area (TPSA) is 98.7 Å². The first-order valence-electron chi connectivity index (χ1n) is 11.7. The summed E-state index contributed by atoms with van der Waals surface area (Å²) in [5.74, 6) is 0.101. The molecule has 0 atom stereocenters. The van der Waals surface area contributed by atoms with Crippen LogP contribution in [0, 0.1) is 5.82 Å².